The highest BCUT2D eigenvalue weighted by molar-refractivity contribution is 5.82. The van der Waals surface area contributed by atoms with Crippen molar-refractivity contribution in [1.29, 1.82) is 0 Å². The van der Waals surface area contributed by atoms with Gasteiger partial charge in [0, 0.05) is 24.3 Å². The van der Waals surface area contributed by atoms with Crippen LogP contribution in [0.5, 0.6) is 0 Å². The molecule has 1 aromatic rings. The van der Waals surface area contributed by atoms with E-state index in [2.05, 4.69) is 46.7 Å². The van der Waals surface area contributed by atoms with Crippen molar-refractivity contribution in [3.05, 3.63) is 29.8 Å². The van der Waals surface area contributed by atoms with Crippen molar-refractivity contribution in [3.8, 4) is 0 Å². The number of carbonyl (C=O) groups excluding carboxylic acids is 1. The van der Waals surface area contributed by atoms with Gasteiger partial charge in [-0.25, -0.2) is 0 Å². The largest absolute Gasteiger partial charge is 0.360 e. The fraction of sp³-hybridized carbons (Fsp3) is 0.533. The summed E-state index contributed by atoms with van der Waals surface area (Å²) >= 11 is 0. The second-order valence-corrected chi connectivity index (χ2v) is 5.68. The van der Waals surface area contributed by atoms with E-state index in [1.807, 2.05) is 0 Å². The van der Waals surface area contributed by atoms with Crippen molar-refractivity contribution in [2.24, 2.45) is 0 Å². The second-order valence-electron chi connectivity index (χ2n) is 5.68. The van der Waals surface area contributed by atoms with Crippen molar-refractivity contribution in [2.75, 3.05) is 31.1 Å². The van der Waals surface area contributed by atoms with E-state index in [0.717, 1.165) is 25.3 Å². The standard InChI is InChI=1S/C15H21N3O/c1-15(7-2-8-17-15)12-3-5-13(6-4-12)18-10-9-16-14(19)11-18/h3-6,17H,2,7-11H2,1H3,(H,16,19). The van der Waals surface area contributed by atoms with E-state index in [1.54, 1.807) is 0 Å². The van der Waals surface area contributed by atoms with E-state index >= 15 is 0 Å². The lowest BCUT2D eigenvalue weighted by Gasteiger charge is -2.30. The van der Waals surface area contributed by atoms with Crippen molar-refractivity contribution in [1.82, 2.24) is 10.6 Å². The van der Waals surface area contributed by atoms with E-state index < -0.39 is 0 Å². The maximum Gasteiger partial charge on any atom is 0.239 e. The van der Waals surface area contributed by atoms with Gasteiger partial charge in [0.2, 0.25) is 5.91 Å². The maximum absolute atomic E-state index is 11.4. The van der Waals surface area contributed by atoms with Gasteiger partial charge >= 0.3 is 0 Å². The molecular formula is C15H21N3O. The highest BCUT2D eigenvalue weighted by Gasteiger charge is 2.29. The Bertz CT molecular complexity index is 463. The molecule has 0 aromatic heterocycles. The number of anilines is 1. The Kier molecular flexibility index (Phi) is 3.19. The third-order valence-corrected chi connectivity index (χ3v) is 4.28. The Morgan fingerprint density at radius 1 is 1.21 bits per heavy atom. The molecule has 1 amide bonds. The molecule has 2 aliphatic rings. The number of rotatable bonds is 2. The van der Waals surface area contributed by atoms with E-state index in [1.165, 1.54) is 18.4 Å². The third kappa shape index (κ3) is 2.45. The molecule has 3 rings (SSSR count). The Hall–Kier alpha value is -1.55. The lowest BCUT2D eigenvalue weighted by Crippen LogP contribution is -2.47. The minimum atomic E-state index is 0.111. The van der Waals surface area contributed by atoms with Crippen LogP contribution in [0.1, 0.15) is 25.3 Å². The van der Waals surface area contributed by atoms with Crippen LogP contribution in [-0.4, -0.2) is 32.1 Å². The third-order valence-electron chi connectivity index (χ3n) is 4.28. The average molecular weight is 259 g/mol. The van der Waals surface area contributed by atoms with E-state index in [4.69, 9.17) is 0 Å². The number of nitrogens with one attached hydrogen (secondary N) is 2. The smallest absolute Gasteiger partial charge is 0.239 e. The fourth-order valence-corrected chi connectivity index (χ4v) is 3.04. The second kappa shape index (κ2) is 4.85. The Labute approximate surface area is 114 Å². The van der Waals surface area contributed by atoms with Crippen molar-refractivity contribution >= 4 is 11.6 Å². The molecule has 19 heavy (non-hydrogen) atoms. The summed E-state index contributed by atoms with van der Waals surface area (Å²) < 4.78 is 0. The van der Waals surface area contributed by atoms with Crippen molar-refractivity contribution < 1.29 is 4.79 Å². The topological polar surface area (TPSA) is 44.4 Å². The summed E-state index contributed by atoms with van der Waals surface area (Å²) in [6.07, 6.45) is 2.43. The molecule has 2 N–H and O–H groups in total. The first kappa shape index (κ1) is 12.5. The van der Waals surface area contributed by atoms with Crippen LogP contribution in [0, 0.1) is 0 Å². The van der Waals surface area contributed by atoms with E-state index in [-0.39, 0.29) is 11.4 Å². The number of carbonyl (C=O) groups is 1. The molecule has 1 unspecified atom stereocenters. The normalized spacial score (nSPS) is 27.4. The minimum absolute atomic E-state index is 0.111. The minimum Gasteiger partial charge on any atom is -0.360 e. The van der Waals surface area contributed by atoms with Gasteiger partial charge in [0.25, 0.3) is 0 Å². The number of benzene rings is 1. The molecule has 1 aromatic carbocycles. The molecule has 0 saturated carbocycles. The number of hydrogen-bond acceptors (Lipinski definition) is 3. The molecule has 1 atom stereocenters. The van der Waals surface area contributed by atoms with Crippen molar-refractivity contribution in [2.45, 2.75) is 25.3 Å². The van der Waals surface area contributed by atoms with Crippen LogP contribution < -0.4 is 15.5 Å². The molecule has 0 spiro atoms. The van der Waals surface area contributed by atoms with Gasteiger partial charge in [-0.3, -0.25) is 4.79 Å². The first-order valence-electron chi connectivity index (χ1n) is 7.05. The van der Waals surface area contributed by atoms with Gasteiger partial charge in [-0.2, -0.15) is 0 Å². The van der Waals surface area contributed by atoms with Gasteiger partial charge < -0.3 is 15.5 Å². The lowest BCUT2D eigenvalue weighted by molar-refractivity contribution is -0.120. The molecule has 0 radical (unpaired) electrons. The fourth-order valence-electron chi connectivity index (χ4n) is 3.04. The van der Waals surface area contributed by atoms with Gasteiger partial charge in [-0.1, -0.05) is 12.1 Å². The summed E-state index contributed by atoms with van der Waals surface area (Å²) in [6, 6.07) is 8.67. The predicted molar refractivity (Wildman–Crippen MR) is 76.3 cm³/mol. The van der Waals surface area contributed by atoms with Crippen LogP contribution >= 0.6 is 0 Å². The summed E-state index contributed by atoms with van der Waals surface area (Å²) in [5.41, 5.74) is 2.60. The summed E-state index contributed by atoms with van der Waals surface area (Å²) in [6.45, 7) is 5.46. The molecule has 4 nitrogen and oxygen atoms in total. The Balaban J connectivity index is 1.77. The zero-order chi connectivity index (χ0) is 13.3. The van der Waals surface area contributed by atoms with Crippen LogP contribution in [0.4, 0.5) is 5.69 Å². The van der Waals surface area contributed by atoms with Gasteiger partial charge in [0.05, 0.1) is 6.54 Å². The SMILES string of the molecule is CC1(c2ccc(N3CCNC(=O)C3)cc2)CCCN1. The quantitative estimate of drug-likeness (QED) is 0.839. The molecule has 2 fully saturated rings. The van der Waals surface area contributed by atoms with E-state index in [0.29, 0.717) is 6.54 Å². The monoisotopic (exact) mass is 259 g/mol. The van der Waals surface area contributed by atoms with Crippen LogP contribution in [0.3, 0.4) is 0 Å². The number of amides is 1. The van der Waals surface area contributed by atoms with Crippen LogP contribution in [0.25, 0.3) is 0 Å². The summed E-state index contributed by atoms with van der Waals surface area (Å²) in [5, 5.41) is 6.43. The van der Waals surface area contributed by atoms with E-state index in [9.17, 15) is 4.79 Å². The molecule has 2 aliphatic heterocycles. The van der Waals surface area contributed by atoms with Gasteiger partial charge in [-0.05, 0) is 44.0 Å². The molecule has 102 valence electrons. The molecule has 0 aliphatic carbocycles. The Morgan fingerprint density at radius 3 is 2.63 bits per heavy atom. The van der Waals surface area contributed by atoms with Crippen LogP contribution in [-0.2, 0) is 10.3 Å². The summed E-state index contributed by atoms with van der Waals surface area (Å²) in [7, 11) is 0. The number of nitrogens with zero attached hydrogens (tertiary/aromatic N) is 1. The summed E-state index contributed by atoms with van der Waals surface area (Å²) in [4.78, 5) is 13.5. The first-order valence-corrected chi connectivity index (χ1v) is 7.05. The molecule has 4 heteroatoms. The lowest BCUT2D eigenvalue weighted by atomic mass is 9.90. The predicted octanol–water partition coefficient (Wildman–Crippen LogP) is 1.22. The van der Waals surface area contributed by atoms with Crippen LogP contribution in [0.2, 0.25) is 0 Å². The van der Waals surface area contributed by atoms with Gasteiger partial charge in [0.15, 0.2) is 0 Å². The van der Waals surface area contributed by atoms with Gasteiger partial charge in [-0.15, -0.1) is 0 Å². The molecule has 0 bridgehead atoms. The number of piperazine rings is 1. The molecule has 2 heterocycles. The highest BCUT2D eigenvalue weighted by atomic mass is 16.2. The van der Waals surface area contributed by atoms with Crippen molar-refractivity contribution in [3.63, 3.8) is 0 Å². The first-order chi connectivity index (χ1) is 9.17. The maximum atomic E-state index is 11.4. The van der Waals surface area contributed by atoms with Crippen LogP contribution in [0.15, 0.2) is 24.3 Å². The molecular weight excluding hydrogens is 238 g/mol. The average Bonchev–Trinajstić information content (AvgIpc) is 2.87. The summed E-state index contributed by atoms with van der Waals surface area (Å²) in [5.74, 6) is 0.111. The zero-order valence-corrected chi connectivity index (χ0v) is 11.4. The zero-order valence-electron chi connectivity index (χ0n) is 11.4. The highest BCUT2D eigenvalue weighted by Crippen LogP contribution is 2.31. The van der Waals surface area contributed by atoms with Gasteiger partial charge in [0.1, 0.15) is 0 Å². The molecule has 2 saturated heterocycles. The number of hydrogen-bond donors (Lipinski definition) is 2. The Morgan fingerprint density at radius 2 is 2.00 bits per heavy atom.